The summed E-state index contributed by atoms with van der Waals surface area (Å²) in [6.07, 6.45) is 21.1. The summed E-state index contributed by atoms with van der Waals surface area (Å²) in [5, 5.41) is 0. The van der Waals surface area contributed by atoms with Gasteiger partial charge in [-0.1, -0.05) is 121 Å². The van der Waals surface area contributed by atoms with Crippen LogP contribution in [0.15, 0.2) is 30.3 Å². The quantitative estimate of drug-likeness (QED) is 0.0503. The Hall–Kier alpha value is -0.790. The molecule has 0 bridgehead atoms. The fourth-order valence-electron chi connectivity index (χ4n) is 6.04. The Morgan fingerprint density at radius 1 is 0.810 bits per heavy atom. The summed E-state index contributed by atoms with van der Waals surface area (Å²) in [4.78, 5) is 0. The van der Waals surface area contributed by atoms with Crippen LogP contribution in [0.3, 0.4) is 0 Å². The van der Waals surface area contributed by atoms with Crippen molar-refractivity contribution in [3.63, 3.8) is 0 Å². The summed E-state index contributed by atoms with van der Waals surface area (Å²) in [6, 6.07) is 10.3. The number of ether oxygens (including phenoxy) is 2. The van der Waals surface area contributed by atoms with Crippen molar-refractivity contribution in [2.75, 3.05) is 40.5 Å². The summed E-state index contributed by atoms with van der Waals surface area (Å²) < 4.78 is 43.5. The lowest BCUT2D eigenvalue weighted by atomic mass is 10.0. The molecule has 0 aliphatic carbocycles. The molecule has 2 aliphatic rings. The van der Waals surface area contributed by atoms with Crippen LogP contribution in [0.5, 0.6) is 0 Å². The normalized spacial score (nSPS) is 24.1. The minimum Gasteiger partial charge on any atom is -0.353 e. The highest BCUT2D eigenvalue weighted by atomic mass is 31.2. The highest BCUT2D eigenvalue weighted by molar-refractivity contribution is 7.48. The van der Waals surface area contributed by atoms with Crippen LogP contribution in [-0.2, 0) is 34.0 Å². The van der Waals surface area contributed by atoms with Crippen molar-refractivity contribution >= 4 is 7.82 Å². The Morgan fingerprint density at radius 3 is 2.02 bits per heavy atom. The third-order valence-electron chi connectivity index (χ3n) is 8.67. The first-order valence-corrected chi connectivity index (χ1v) is 18.6. The number of likely N-dealkylation sites (N-methyl/N-ethyl adjacent to an activating group) is 1. The number of piperidine rings is 1. The Bertz CT molecular complexity index is 869. The molecule has 8 heteroatoms. The SMILES string of the molecule is CCCCCCCCCCCCCCCCOC(CCOP1(=O)OC2CCC[N+](C)(C)C2O1)OCCc1ccccc1. The van der Waals surface area contributed by atoms with Crippen molar-refractivity contribution in [3.8, 4) is 0 Å². The third kappa shape index (κ3) is 13.9. The Labute approximate surface area is 257 Å². The molecule has 1 aromatic carbocycles. The summed E-state index contributed by atoms with van der Waals surface area (Å²) in [5.74, 6) is 0. The standard InChI is InChI=1S/C34H61NO6P/c1-4-5-6-7-8-9-10-11-12-13-14-15-16-20-28-37-33(38-29-25-31-22-18-17-19-23-31)26-30-39-42(36)40-32-24-21-27-35(2,3)34(32)41-42/h17-19,22-23,32-34H,4-16,20-21,24-30H2,1-3H3/q+1. The van der Waals surface area contributed by atoms with Crippen molar-refractivity contribution < 1.29 is 32.1 Å². The molecule has 2 fully saturated rings. The van der Waals surface area contributed by atoms with Gasteiger partial charge in [0.25, 0.3) is 0 Å². The van der Waals surface area contributed by atoms with E-state index in [0.717, 1.165) is 32.2 Å². The number of phosphoric ester groups is 1. The fourth-order valence-corrected chi connectivity index (χ4v) is 7.74. The minimum atomic E-state index is -3.57. The molecule has 3 rings (SSSR count). The van der Waals surface area contributed by atoms with E-state index in [-0.39, 0.29) is 18.9 Å². The molecule has 0 saturated carbocycles. The molecule has 0 radical (unpaired) electrons. The molecule has 242 valence electrons. The molecule has 0 amide bonds. The van der Waals surface area contributed by atoms with E-state index in [1.165, 1.54) is 89.0 Å². The van der Waals surface area contributed by atoms with Gasteiger partial charge in [0.05, 0.1) is 33.9 Å². The van der Waals surface area contributed by atoms with Crippen molar-refractivity contribution in [3.05, 3.63) is 35.9 Å². The zero-order valence-electron chi connectivity index (χ0n) is 27.0. The first-order chi connectivity index (χ1) is 20.4. The average molecular weight is 611 g/mol. The topological polar surface area (TPSA) is 63.2 Å². The van der Waals surface area contributed by atoms with Crippen molar-refractivity contribution in [2.45, 2.75) is 141 Å². The van der Waals surface area contributed by atoms with Crippen molar-refractivity contribution in [2.24, 2.45) is 0 Å². The van der Waals surface area contributed by atoms with E-state index in [4.69, 9.17) is 23.0 Å². The third-order valence-corrected chi connectivity index (χ3v) is 10.2. The second-order valence-corrected chi connectivity index (χ2v) is 14.4. The molecular formula is C34H61NO6P+. The Balaban J connectivity index is 1.28. The highest BCUT2D eigenvalue weighted by Crippen LogP contribution is 2.60. The highest BCUT2D eigenvalue weighted by Gasteiger charge is 2.55. The predicted octanol–water partition coefficient (Wildman–Crippen LogP) is 9.20. The number of likely N-dealkylation sites (tertiary alicyclic amines) is 1. The molecule has 42 heavy (non-hydrogen) atoms. The van der Waals surface area contributed by atoms with E-state index >= 15 is 0 Å². The number of quaternary nitrogens is 1. The maximum atomic E-state index is 13.2. The van der Waals surface area contributed by atoms with E-state index in [2.05, 4.69) is 33.2 Å². The maximum Gasteiger partial charge on any atom is 0.480 e. The molecule has 0 spiro atoms. The lowest BCUT2D eigenvalue weighted by molar-refractivity contribution is -0.939. The van der Waals surface area contributed by atoms with E-state index in [1.807, 2.05) is 18.2 Å². The number of hydrogen-bond donors (Lipinski definition) is 0. The van der Waals surface area contributed by atoms with Gasteiger partial charge in [0.15, 0.2) is 6.29 Å². The molecule has 2 aliphatic heterocycles. The van der Waals surface area contributed by atoms with Gasteiger partial charge < -0.3 is 14.0 Å². The molecule has 0 aromatic heterocycles. The Kier molecular flexibility index (Phi) is 17.2. The lowest BCUT2D eigenvalue weighted by Crippen LogP contribution is -2.56. The maximum absolute atomic E-state index is 13.2. The van der Waals surface area contributed by atoms with Crippen LogP contribution in [-0.4, -0.2) is 63.6 Å². The number of rotatable bonds is 24. The van der Waals surface area contributed by atoms with E-state index in [1.54, 1.807) is 0 Å². The molecule has 4 unspecified atom stereocenters. The monoisotopic (exact) mass is 610 g/mol. The zero-order valence-corrected chi connectivity index (χ0v) is 27.9. The number of hydrogen-bond acceptors (Lipinski definition) is 6. The molecule has 1 aromatic rings. The fraction of sp³-hybridized carbons (Fsp3) is 0.824. The van der Waals surface area contributed by atoms with Gasteiger partial charge in [-0.15, -0.1) is 0 Å². The van der Waals surface area contributed by atoms with Gasteiger partial charge in [-0.3, -0.25) is 9.05 Å². The largest absolute Gasteiger partial charge is 0.480 e. The molecular weight excluding hydrogens is 549 g/mol. The van der Waals surface area contributed by atoms with Crippen LogP contribution in [0.4, 0.5) is 0 Å². The zero-order chi connectivity index (χ0) is 29.9. The van der Waals surface area contributed by atoms with E-state index in [9.17, 15) is 4.57 Å². The lowest BCUT2D eigenvalue weighted by Gasteiger charge is -2.39. The molecule has 2 saturated heterocycles. The second-order valence-electron chi connectivity index (χ2n) is 12.9. The van der Waals surface area contributed by atoms with Gasteiger partial charge in [0.1, 0.15) is 6.10 Å². The second kappa shape index (κ2) is 20.3. The molecule has 4 atom stereocenters. The number of phosphoric acid groups is 1. The first-order valence-electron chi connectivity index (χ1n) is 17.1. The van der Waals surface area contributed by atoms with Crippen LogP contribution >= 0.6 is 7.82 Å². The number of fused-ring (bicyclic) bond motifs is 1. The summed E-state index contributed by atoms with van der Waals surface area (Å²) in [6.45, 7) is 4.69. The van der Waals surface area contributed by atoms with Gasteiger partial charge in [0.2, 0.25) is 6.23 Å². The van der Waals surface area contributed by atoms with Crippen molar-refractivity contribution in [1.29, 1.82) is 0 Å². The number of unbranched alkanes of at least 4 members (excludes halogenated alkanes) is 13. The Morgan fingerprint density at radius 2 is 1.40 bits per heavy atom. The number of nitrogens with zero attached hydrogens (tertiary/aromatic N) is 1. The number of benzene rings is 1. The molecule has 7 nitrogen and oxygen atoms in total. The summed E-state index contributed by atoms with van der Waals surface area (Å²) >= 11 is 0. The first kappa shape index (κ1) is 35.7. The predicted molar refractivity (Wildman–Crippen MR) is 170 cm³/mol. The molecule has 2 heterocycles. The smallest absolute Gasteiger partial charge is 0.353 e. The van der Waals surface area contributed by atoms with Crippen LogP contribution in [0.1, 0.15) is 122 Å². The van der Waals surface area contributed by atoms with Crippen molar-refractivity contribution in [1.82, 2.24) is 0 Å². The molecule has 0 N–H and O–H groups in total. The van der Waals surface area contributed by atoms with Gasteiger partial charge >= 0.3 is 7.82 Å². The van der Waals surface area contributed by atoms with Crippen LogP contribution < -0.4 is 0 Å². The summed E-state index contributed by atoms with van der Waals surface area (Å²) in [5.41, 5.74) is 1.24. The van der Waals surface area contributed by atoms with Crippen LogP contribution in [0.25, 0.3) is 0 Å². The van der Waals surface area contributed by atoms with Crippen LogP contribution in [0, 0.1) is 0 Å². The average Bonchev–Trinajstić information content (AvgIpc) is 3.33. The minimum absolute atomic E-state index is 0.172. The van der Waals surface area contributed by atoms with Gasteiger partial charge in [-0.05, 0) is 31.2 Å². The van der Waals surface area contributed by atoms with Crippen LogP contribution in [0.2, 0.25) is 0 Å². The van der Waals surface area contributed by atoms with E-state index in [0.29, 0.717) is 24.1 Å². The summed E-state index contributed by atoms with van der Waals surface area (Å²) in [7, 11) is 0.615. The van der Waals surface area contributed by atoms with Gasteiger partial charge in [0, 0.05) is 13.0 Å². The van der Waals surface area contributed by atoms with Gasteiger partial charge in [-0.25, -0.2) is 9.09 Å². The van der Waals surface area contributed by atoms with E-state index < -0.39 is 14.1 Å². The van der Waals surface area contributed by atoms with Gasteiger partial charge in [-0.2, -0.15) is 0 Å².